The standard InChI is InChI=1S/C28H22OSi2/c1-5-13-23(14-6-1)30(24-15-7-2-8-16-24)27-21-22-28(29-27)31(25-17-9-3-10-18-25)26-19-11-4-12-20-26/h1-22H. The Morgan fingerprint density at radius 3 is 0.839 bits per heavy atom. The second kappa shape index (κ2) is 9.17. The molecule has 31 heavy (non-hydrogen) atoms. The van der Waals surface area contributed by atoms with Crippen molar-refractivity contribution in [3.05, 3.63) is 133 Å². The molecule has 0 saturated heterocycles. The molecule has 0 saturated carbocycles. The molecule has 3 heteroatoms. The van der Waals surface area contributed by atoms with E-state index in [0.29, 0.717) is 0 Å². The second-order valence-corrected chi connectivity index (χ2v) is 12.2. The Bertz CT molecular complexity index is 1040. The summed E-state index contributed by atoms with van der Waals surface area (Å²) < 4.78 is 6.72. The first-order chi connectivity index (χ1) is 15.4. The van der Waals surface area contributed by atoms with Gasteiger partial charge in [-0.25, -0.2) is 0 Å². The fourth-order valence-electron chi connectivity index (χ4n) is 3.93. The molecular weight excluding hydrogens is 408 g/mol. The zero-order chi connectivity index (χ0) is 20.9. The van der Waals surface area contributed by atoms with Crippen molar-refractivity contribution >= 4 is 49.1 Å². The minimum Gasteiger partial charge on any atom is -0.475 e. The number of hydrogen-bond acceptors (Lipinski definition) is 1. The topological polar surface area (TPSA) is 13.1 Å². The van der Waals surface area contributed by atoms with Gasteiger partial charge in [0.1, 0.15) is 0 Å². The minimum atomic E-state index is -1.20. The van der Waals surface area contributed by atoms with Gasteiger partial charge in [0.15, 0.2) is 0 Å². The summed E-state index contributed by atoms with van der Waals surface area (Å²) in [7, 11) is -2.41. The van der Waals surface area contributed by atoms with Gasteiger partial charge in [-0.2, -0.15) is 0 Å². The van der Waals surface area contributed by atoms with E-state index in [4.69, 9.17) is 4.42 Å². The van der Waals surface area contributed by atoms with E-state index < -0.39 is 17.6 Å². The third-order valence-electron chi connectivity index (χ3n) is 5.35. The normalized spacial score (nSPS) is 11.2. The summed E-state index contributed by atoms with van der Waals surface area (Å²) >= 11 is 0. The fraction of sp³-hybridized carbons (Fsp3) is 0. The predicted octanol–water partition coefficient (Wildman–Crippen LogP) is 2.31. The SMILES string of the molecule is c1ccc([Si](c2ccccc2)c2ccc([Si](c3ccccc3)c3ccccc3)o2)cc1. The molecule has 148 valence electrons. The van der Waals surface area contributed by atoms with Crippen LogP contribution in [0.3, 0.4) is 0 Å². The molecule has 0 aliphatic heterocycles. The summed E-state index contributed by atoms with van der Waals surface area (Å²) in [5.41, 5.74) is 0. The molecule has 0 fully saturated rings. The fourth-order valence-corrected chi connectivity index (χ4v) is 8.86. The summed E-state index contributed by atoms with van der Waals surface area (Å²) in [5, 5.41) is 7.54. The highest BCUT2D eigenvalue weighted by Gasteiger charge is 2.27. The lowest BCUT2D eigenvalue weighted by Crippen LogP contribution is -2.54. The molecule has 0 aliphatic carbocycles. The summed E-state index contributed by atoms with van der Waals surface area (Å²) in [5.74, 6) is 0. The molecule has 0 bridgehead atoms. The van der Waals surface area contributed by atoms with Crippen LogP contribution in [0.5, 0.6) is 0 Å². The van der Waals surface area contributed by atoms with E-state index >= 15 is 0 Å². The average Bonchev–Trinajstić information content (AvgIpc) is 3.31. The van der Waals surface area contributed by atoms with E-state index in [1.54, 1.807) is 0 Å². The van der Waals surface area contributed by atoms with Crippen LogP contribution in [0.4, 0.5) is 0 Å². The van der Waals surface area contributed by atoms with Gasteiger partial charge in [-0.15, -0.1) is 0 Å². The Labute approximate surface area is 186 Å². The lowest BCUT2D eigenvalue weighted by atomic mass is 10.4. The molecular formula is C28H22OSi2. The van der Waals surface area contributed by atoms with Crippen LogP contribution in [-0.2, 0) is 0 Å². The lowest BCUT2D eigenvalue weighted by Gasteiger charge is -2.16. The first kappa shape index (κ1) is 19.6. The van der Waals surface area contributed by atoms with Gasteiger partial charge in [-0.3, -0.25) is 0 Å². The molecule has 0 unspecified atom stereocenters. The molecule has 1 aromatic heterocycles. The van der Waals surface area contributed by atoms with Crippen molar-refractivity contribution in [1.82, 2.24) is 0 Å². The molecule has 4 aromatic carbocycles. The van der Waals surface area contributed by atoms with Crippen molar-refractivity contribution < 1.29 is 4.42 Å². The smallest absolute Gasteiger partial charge is 0.202 e. The number of furan rings is 1. The monoisotopic (exact) mass is 430 g/mol. The second-order valence-electron chi connectivity index (χ2n) is 7.38. The Balaban J connectivity index is 1.61. The molecule has 0 amide bonds. The third-order valence-corrected chi connectivity index (χ3v) is 10.5. The van der Waals surface area contributed by atoms with Crippen LogP contribution in [-0.4, -0.2) is 17.6 Å². The van der Waals surface area contributed by atoms with Crippen molar-refractivity contribution in [2.45, 2.75) is 0 Å². The quantitative estimate of drug-likeness (QED) is 0.377. The molecule has 0 spiro atoms. The van der Waals surface area contributed by atoms with Gasteiger partial charge in [-0.1, -0.05) is 121 Å². The van der Waals surface area contributed by atoms with Crippen molar-refractivity contribution in [3.63, 3.8) is 0 Å². The Morgan fingerprint density at radius 1 is 0.323 bits per heavy atom. The van der Waals surface area contributed by atoms with E-state index in [9.17, 15) is 0 Å². The number of hydrogen-bond donors (Lipinski definition) is 0. The highest BCUT2D eigenvalue weighted by Crippen LogP contribution is 1.99. The highest BCUT2D eigenvalue weighted by molar-refractivity contribution is 6.96. The van der Waals surface area contributed by atoms with Crippen molar-refractivity contribution in [2.24, 2.45) is 0 Å². The summed E-state index contributed by atoms with van der Waals surface area (Å²) in [6.45, 7) is 0. The van der Waals surface area contributed by atoms with Gasteiger partial charge in [0, 0.05) is 0 Å². The van der Waals surface area contributed by atoms with E-state index in [-0.39, 0.29) is 0 Å². The van der Waals surface area contributed by atoms with Gasteiger partial charge in [0.05, 0.1) is 10.8 Å². The molecule has 0 N–H and O–H groups in total. The molecule has 5 aromatic rings. The van der Waals surface area contributed by atoms with Crippen molar-refractivity contribution in [1.29, 1.82) is 0 Å². The van der Waals surface area contributed by atoms with Crippen LogP contribution in [0.25, 0.3) is 0 Å². The Morgan fingerprint density at radius 2 is 0.581 bits per heavy atom. The van der Waals surface area contributed by atoms with Crippen LogP contribution in [0, 0.1) is 0 Å². The molecule has 1 heterocycles. The van der Waals surface area contributed by atoms with Gasteiger partial charge in [0.25, 0.3) is 0 Å². The maximum Gasteiger partial charge on any atom is 0.202 e. The van der Waals surface area contributed by atoms with E-state index in [0.717, 1.165) is 10.8 Å². The largest absolute Gasteiger partial charge is 0.475 e. The molecule has 1 nitrogen and oxygen atoms in total. The average molecular weight is 431 g/mol. The Kier molecular flexibility index (Phi) is 5.78. The summed E-state index contributed by atoms with van der Waals surface area (Å²) in [4.78, 5) is 0. The van der Waals surface area contributed by atoms with E-state index in [1.165, 1.54) is 20.7 Å². The number of benzene rings is 4. The Hall–Kier alpha value is -3.41. The highest BCUT2D eigenvalue weighted by atomic mass is 28.3. The van der Waals surface area contributed by atoms with Gasteiger partial charge < -0.3 is 4.42 Å². The third kappa shape index (κ3) is 4.24. The zero-order valence-electron chi connectivity index (χ0n) is 17.1. The molecule has 0 aliphatic rings. The minimum absolute atomic E-state index is 1.09. The maximum absolute atomic E-state index is 6.72. The summed E-state index contributed by atoms with van der Waals surface area (Å²) in [6.07, 6.45) is 0. The lowest BCUT2D eigenvalue weighted by molar-refractivity contribution is 0.635. The van der Waals surface area contributed by atoms with Gasteiger partial charge in [-0.05, 0) is 32.9 Å². The maximum atomic E-state index is 6.72. The van der Waals surface area contributed by atoms with E-state index in [1.807, 2.05) is 0 Å². The molecule has 5 rings (SSSR count). The van der Waals surface area contributed by atoms with Crippen LogP contribution in [0.2, 0.25) is 0 Å². The van der Waals surface area contributed by atoms with Gasteiger partial charge >= 0.3 is 0 Å². The number of rotatable bonds is 6. The van der Waals surface area contributed by atoms with E-state index in [2.05, 4.69) is 133 Å². The van der Waals surface area contributed by atoms with Gasteiger partial charge in [0.2, 0.25) is 17.6 Å². The van der Waals surface area contributed by atoms with Crippen molar-refractivity contribution in [2.75, 3.05) is 0 Å². The molecule has 0 atom stereocenters. The molecule has 2 radical (unpaired) electrons. The van der Waals surface area contributed by atoms with Crippen molar-refractivity contribution in [3.8, 4) is 0 Å². The zero-order valence-corrected chi connectivity index (χ0v) is 19.1. The first-order valence-corrected chi connectivity index (χ1v) is 13.5. The van der Waals surface area contributed by atoms with Crippen LogP contribution in [0.1, 0.15) is 0 Å². The summed E-state index contributed by atoms with van der Waals surface area (Å²) in [6, 6.07) is 47.5. The predicted molar refractivity (Wildman–Crippen MR) is 134 cm³/mol. The van der Waals surface area contributed by atoms with Crippen LogP contribution in [0.15, 0.2) is 138 Å². The van der Waals surface area contributed by atoms with Crippen LogP contribution >= 0.6 is 0 Å². The first-order valence-electron chi connectivity index (χ1n) is 10.5. The van der Waals surface area contributed by atoms with Crippen LogP contribution < -0.4 is 31.5 Å².